The molecular weight excluding hydrogens is 275 g/mol. The molecule has 0 spiro atoms. The summed E-state index contributed by atoms with van der Waals surface area (Å²) in [6, 6.07) is 11.3. The van der Waals surface area contributed by atoms with Crippen LogP contribution in [-0.4, -0.2) is 11.1 Å². The lowest BCUT2D eigenvalue weighted by molar-refractivity contribution is 0.622. The van der Waals surface area contributed by atoms with Crippen molar-refractivity contribution in [2.45, 2.75) is 19.9 Å². The standard InChI is InChI=1S/C19H19FN2/c1-12-9-15(13-3-5-14(20)6-4-13)19-16(10-12)17-11-21-8-7-18(17)22(19)2/h3-6,9-10,21H,7-8,11H2,1-2H3. The van der Waals surface area contributed by atoms with Crippen molar-refractivity contribution in [3.05, 3.63) is 59.0 Å². The smallest absolute Gasteiger partial charge is 0.123 e. The van der Waals surface area contributed by atoms with E-state index in [-0.39, 0.29) is 5.82 Å². The van der Waals surface area contributed by atoms with Crippen LogP contribution in [0.5, 0.6) is 0 Å². The van der Waals surface area contributed by atoms with Crippen molar-refractivity contribution < 1.29 is 4.39 Å². The van der Waals surface area contributed by atoms with E-state index in [1.165, 1.54) is 45.4 Å². The average Bonchev–Trinajstić information content (AvgIpc) is 2.81. The SMILES string of the molecule is Cc1cc(-c2ccc(F)cc2)c2c(c1)c1c(n2C)CCNC1. The lowest BCUT2D eigenvalue weighted by atomic mass is 9.98. The molecule has 0 aliphatic carbocycles. The molecule has 1 aromatic heterocycles. The Labute approximate surface area is 129 Å². The van der Waals surface area contributed by atoms with E-state index in [1.54, 1.807) is 0 Å². The summed E-state index contributed by atoms with van der Waals surface area (Å²) in [5.41, 5.74) is 7.59. The molecule has 22 heavy (non-hydrogen) atoms. The third-order valence-corrected chi connectivity index (χ3v) is 4.66. The molecule has 3 heteroatoms. The predicted molar refractivity (Wildman–Crippen MR) is 88.5 cm³/mol. The molecule has 2 aromatic carbocycles. The molecule has 0 amide bonds. The minimum atomic E-state index is -0.192. The molecule has 1 aliphatic rings. The Balaban J connectivity index is 2.06. The van der Waals surface area contributed by atoms with Gasteiger partial charge in [0.2, 0.25) is 0 Å². The first-order chi connectivity index (χ1) is 10.6. The number of nitrogens with one attached hydrogen (secondary N) is 1. The summed E-state index contributed by atoms with van der Waals surface area (Å²) < 4.78 is 15.6. The first-order valence-electron chi connectivity index (χ1n) is 7.72. The van der Waals surface area contributed by atoms with Crippen LogP contribution in [0, 0.1) is 12.7 Å². The highest BCUT2D eigenvalue weighted by molar-refractivity contribution is 5.98. The fourth-order valence-corrected chi connectivity index (χ4v) is 3.65. The van der Waals surface area contributed by atoms with Crippen molar-refractivity contribution in [2.75, 3.05) is 6.54 Å². The van der Waals surface area contributed by atoms with Gasteiger partial charge in [-0.25, -0.2) is 4.39 Å². The van der Waals surface area contributed by atoms with E-state index < -0.39 is 0 Å². The third-order valence-electron chi connectivity index (χ3n) is 4.66. The maximum atomic E-state index is 13.2. The normalized spacial score (nSPS) is 14.3. The number of aromatic nitrogens is 1. The first kappa shape index (κ1) is 13.5. The van der Waals surface area contributed by atoms with E-state index in [0.29, 0.717) is 0 Å². The molecule has 0 atom stereocenters. The van der Waals surface area contributed by atoms with Crippen LogP contribution in [-0.2, 0) is 20.0 Å². The van der Waals surface area contributed by atoms with E-state index in [4.69, 9.17) is 0 Å². The number of halogens is 1. The Hall–Kier alpha value is -2.13. The van der Waals surface area contributed by atoms with Crippen LogP contribution >= 0.6 is 0 Å². The minimum Gasteiger partial charge on any atom is -0.347 e. The molecule has 3 aromatic rings. The van der Waals surface area contributed by atoms with Gasteiger partial charge in [0, 0.05) is 43.2 Å². The summed E-state index contributed by atoms with van der Waals surface area (Å²) >= 11 is 0. The maximum Gasteiger partial charge on any atom is 0.123 e. The van der Waals surface area contributed by atoms with Gasteiger partial charge < -0.3 is 9.88 Å². The van der Waals surface area contributed by atoms with Crippen molar-refractivity contribution in [1.29, 1.82) is 0 Å². The van der Waals surface area contributed by atoms with Crippen LogP contribution < -0.4 is 5.32 Å². The highest BCUT2D eigenvalue weighted by Crippen LogP contribution is 2.36. The third kappa shape index (κ3) is 1.97. The second-order valence-corrected chi connectivity index (χ2v) is 6.13. The largest absolute Gasteiger partial charge is 0.347 e. The zero-order valence-corrected chi connectivity index (χ0v) is 12.9. The van der Waals surface area contributed by atoms with Crippen molar-refractivity contribution in [3.63, 3.8) is 0 Å². The number of hydrogen-bond donors (Lipinski definition) is 1. The van der Waals surface area contributed by atoms with Crippen LogP contribution in [0.15, 0.2) is 36.4 Å². The van der Waals surface area contributed by atoms with Gasteiger partial charge in [0.1, 0.15) is 5.82 Å². The van der Waals surface area contributed by atoms with Gasteiger partial charge in [0.05, 0.1) is 5.52 Å². The van der Waals surface area contributed by atoms with Crippen molar-refractivity contribution in [3.8, 4) is 11.1 Å². The van der Waals surface area contributed by atoms with Gasteiger partial charge in [-0.05, 0) is 47.9 Å². The summed E-state index contributed by atoms with van der Waals surface area (Å²) in [5.74, 6) is -0.192. The zero-order valence-electron chi connectivity index (χ0n) is 12.9. The van der Waals surface area contributed by atoms with Crippen LogP contribution in [0.4, 0.5) is 4.39 Å². The van der Waals surface area contributed by atoms with Crippen LogP contribution in [0.25, 0.3) is 22.0 Å². The Morgan fingerprint density at radius 1 is 1.14 bits per heavy atom. The van der Waals surface area contributed by atoms with E-state index >= 15 is 0 Å². The van der Waals surface area contributed by atoms with Crippen LogP contribution in [0.1, 0.15) is 16.8 Å². The topological polar surface area (TPSA) is 17.0 Å². The second-order valence-electron chi connectivity index (χ2n) is 6.13. The van der Waals surface area contributed by atoms with E-state index in [9.17, 15) is 4.39 Å². The summed E-state index contributed by atoms with van der Waals surface area (Å²) in [6.45, 7) is 4.09. The van der Waals surface area contributed by atoms with E-state index in [2.05, 4.69) is 36.0 Å². The lowest BCUT2D eigenvalue weighted by Gasteiger charge is -2.14. The van der Waals surface area contributed by atoms with Crippen molar-refractivity contribution >= 4 is 10.9 Å². The average molecular weight is 294 g/mol. The van der Waals surface area contributed by atoms with Gasteiger partial charge in [0.25, 0.3) is 0 Å². The van der Waals surface area contributed by atoms with Gasteiger partial charge >= 0.3 is 0 Å². The van der Waals surface area contributed by atoms with Crippen LogP contribution in [0.2, 0.25) is 0 Å². The van der Waals surface area contributed by atoms with Gasteiger partial charge in [-0.15, -0.1) is 0 Å². The molecule has 0 saturated heterocycles. The highest BCUT2D eigenvalue weighted by atomic mass is 19.1. The fourth-order valence-electron chi connectivity index (χ4n) is 3.65. The lowest BCUT2D eigenvalue weighted by Crippen LogP contribution is -2.24. The molecule has 4 rings (SSSR count). The Kier molecular flexibility index (Phi) is 3.05. The van der Waals surface area contributed by atoms with Crippen molar-refractivity contribution in [1.82, 2.24) is 9.88 Å². The highest BCUT2D eigenvalue weighted by Gasteiger charge is 2.20. The summed E-state index contributed by atoms with van der Waals surface area (Å²) in [5, 5.41) is 4.79. The second kappa shape index (κ2) is 4.96. The molecule has 0 saturated carbocycles. The molecule has 1 N–H and O–H groups in total. The molecule has 1 aliphatic heterocycles. The molecule has 2 heterocycles. The van der Waals surface area contributed by atoms with Crippen LogP contribution in [0.3, 0.4) is 0 Å². The van der Waals surface area contributed by atoms with Gasteiger partial charge in [0.15, 0.2) is 0 Å². The zero-order chi connectivity index (χ0) is 15.3. The molecule has 112 valence electrons. The van der Waals surface area contributed by atoms with Crippen molar-refractivity contribution in [2.24, 2.45) is 7.05 Å². The Morgan fingerprint density at radius 2 is 1.91 bits per heavy atom. The van der Waals surface area contributed by atoms with E-state index in [0.717, 1.165) is 25.1 Å². The number of nitrogens with zero attached hydrogens (tertiary/aromatic N) is 1. The number of rotatable bonds is 1. The minimum absolute atomic E-state index is 0.192. The number of benzene rings is 2. The Bertz CT molecular complexity index is 860. The monoisotopic (exact) mass is 294 g/mol. The maximum absolute atomic E-state index is 13.2. The van der Waals surface area contributed by atoms with Gasteiger partial charge in [-0.2, -0.15) is 0 Å². The molecule has 0 fully saturated rings. The molecule has 2 nitrogen and oxygen atoms in total. The summed E-state index contributed by atoms with van der Waals surface area (Å²) in [4.78, 5) is 0. The number of aryl methyl sites for hydroxylation is 2. The number of fused-ring (bicyclic) bond motifs is 3. The molecule has 0 bridgehead atoms. The number of hydrogen-bond acceptors (Lipinski definition) is 1. The van der Waals surface area contributed by atoms with E-state index in [1.807, 2.05) is 12.1 Å². The molecule has 0 radical (unpaired) electrons. The molecule has 0 unspecified atom stereocenters. The quantitative estimate of drug-likeness (QED) is 0.719. The Morgan fingerprint density at radius 3 is 2.68 bits per heavy atom. The summed E-state index contributed by atoms with van der Waals surface area (Å²) in [6.07, 6.45) is 1.06. The van der Waals surface area contributed by atoms with Gasteiger partial charge in [-0.3, -0.25) is 0 Å². The fraction of sp³-hybridized carbons (Fsp3) is 0.263. The molecular formula is C19H19FN2. The van der Waals surface area contributed by atoms with Gasteiger partial charge in [-0.1, -0.05) is 12.1 Å². The first-order valence-corrected chi connectivity index (χ1v) is 7.72. The summed E-state index contributed by atoms with van der Waals surface area (Å²) in [7, 11) is 2.15. The predicted octanol–water partition coefficient (Wildman–Crippen LogP) is 3.94.